The van der Waals surface area contributed by atoms with E-state index in [4.69, 9.17) is 4.74 Å². The lowest BCUT2D eigenvalue weighted by molar-refractivity contribution is -0.145. The molecular weight excluding hydrogens is 256 g/mol. The number of nitrogens with zero attached hydrogens (tertiary/aromatic N) is 1. The zero-order chi connectivity index (χ0) is 14.8. The number of hydrogen-bond acceptors (Lipinski definition) is 4. The third-order valence-corrected chi connectivity index (χ3v) is 4.38. The summed E-state index contributed by atoms with van der Waals surface area (Å²) < 4.78 is 5.66. The van der Waals surface area contributed by atoms with Gasteiger partial charge in [0, 0.05) is 31.8 Å². The summed E-state index contributed by atoms with van der Waals surface area (Å²) in [5, 5.41) is 12.9. The molecular formula is C15H28N2O3. The summed E-state index contributed by atoms with van der Waals surface area (Å²) in [4.78, 5) is 14.0. The fourth-order valence-electron chi connectivity index (χ4n) is 3.03. The van der Waals surface area contributed by atoms with Crippen LogP contribution in [-0.2, 0) is 9.53 Å². The Balaban J connectivity index is 1.95. The number of aliphatic carboxylic acids is 1. The molecule has 2 fully saturated rings. The predicted octanol–water partition coefficient (Wildman–Crippen LogP) is 1.47. The van der Waals surface area contributed by atoms with Crippen LogP contribution < -0.4 is 5.32 Å². The molecule has 0 amide bonds. The Morgan fingerprint density at radius 2 is 2.25 bits per heavy atom. The van der Waals surface area contributed by atoms with Crippen molar-refractivity contribution in [2.24, 2.45) is 0 Å². The standard InChI is InChI=1S/C15H28N2O3/c1-11(17-7-4-8-20-12(2)10-17)9-15(3,14(18)19)16-13-5-6-13/h11-13,16H,4-10H2,1-3H3,(H,18,19). The third-order valence-electron chi connectivity index (χ3n) is 4.38. The summed E-state index contributed by atoms with van der Waals surface area (Å²) in [5.41, 5.74) is -0.822. The van der Waals surface area contributed by atoms with Gasteiger partial charge in [0.25, 0.3) is 0 Å². The highest BCUT2D eigenvalue weighted by Gasteiger charge is 2.40. The minimum absolute atomic E-state index is 0.229. The van der Waals surface area contributed by atoms with Gasteiger partial charge in [0.15, 0.2) is 0 Å². The van der Waals surface area contributed by atoms with Gasteiger partial charge in [-0.25, -0.2) is 0 Å². The maximum atomic E-state index is 11.6. The van der Waals surface area contributed by atoms with E-state index in [1.54, 1.807) is 0 Å². The molecule has 116 valence electrons. The van der Waals surface area contributed by atoms with Crippen molar-refractivity contribution < 1.29 is 14.6 Å². The molecule has 0 radical (unpaired) electrons. The van der Waals surface area contributed by atoms with Crippen molar-refractivity contribution in [3.05, 3.63) is 0 Å². The van der Waals surface area contributed by atoms with Crippen molar-refractivity contribution in [1.29, 1.82) is 0 Å². The summed E-state index contributed by atoms with van der Waals surface area (Å²) in [6.07, 6.45) is 4.09. The molecule has 0 aromatic rings. The van der Waals surface area contributed by atoms with Crippen LogP contribution in [0.2, 0.25) is 0 Å². The molecule has 2 aliphatic rings. The van der Waals surface area contributed by atoms with Crippen molar-refractivity contribution in [3.8, 4) is 0 Å². The smallest absolute Gasteiger partial charge is 0.323 e. The van der Waals surface area contributed by atoms with E-state index < -0.39 is 11.5 Å². The average molecular weight is 284 g/mol. The van der Waals surface area contributed by atoms with Gasteiger partial charge in [0.2, 0.25) is 0 Å². The molecule has 5 nitrogen and oxygen atoms in total. The fraction of sp³-hybridized carbons (Fsp3) is 0.933. The second-order valence-corrected chi connectivity index (χ2v) is 6.64. The van der Waals surface area contributed by atoms with Gasteiger partial charge in [-0.05, 0) is 46.5 Å². The molecule has 0 aromatic carbocycles. The Morgan fingerprint density at radius 1 is 1.55 bits per heavy atom. The van der Waals surface area contributed by atoms with Crippen LogP contribution in [0, 0.1) is 0 Å². The zero-order valence-corrected chi connectivity index (χ0v) is 12.9. The monoisotopic (exact) mass is 284 g/mol. The van der Waals surface area contributed by atoms with Gasteiger partial charge in [-0.3, -0.25) is 15.0 Å². The molecule has 1 saturated carbocycles. The molecule has 3 unspecified atom stereocenters. The largest absolute Gasteiger partial charge is 0.480 e. The summed E-state index contributed by atoms with van der Waals surface area (Å²) >= 11 is 0. The quantitative estimate of drug-likeness (QED) is 0.773. The van der Waals surface area contributed by atoms with Gasteiger partial charge < -0.3 is 9.84 Å². The van der Waals surface area contributed by atoms with Gasteiger partial charge in [-0.1, -0.05) is 0 Å². The lowest BCUT2D eigenvalue weighted by atomic mass is 9.92. The highest BCUT2D eigenvalue weighted by Crippen LogP contribution is 2.26. The second kappa shape index (κ2) is 6.41. The van der Waals surface area contributed by atoms with Crippen LogP contribution in [0.25, 0.3) is 0 Å². The van der Waals surface area contributed by atoms with Gasteiger partial charge >= 0.3 is 5.97 Å². The van der Waals surface area contributed by atoms with E-state index in [2.05, 4.69) is 24.1 Å². The fourth-order valence-corrected chi connectivity index (χ4v) is 3.03. The van der Waals surface area contributed by atoms with E-state index in [-0.39, 0.29) is 12.1 Å². The van der Waals surface area contributed by atoms with Gasteiger partial charge in [-0.2, -0.15) is 0 Å². The van der Waals surface area contributed by atoms with E-state index in [0.29, 0.717) is 12.5 Å². The van der Waals surface area contributed by atoms with Crippen LogP contribution in [0.1, 0.15) is 46.5 Å². The molecule has 20 heavy (non-hydrogen) atoms. The van der Waals surface area contributed by atoms with Crippen LogP contribution in [0.15, 0.2) is 0 Å². The molecule has 5 heteroatoms. The second-order valence-electron chi connectivity index (χ2n) is 6.64. The van der Waals surface area contributed by atoms with E-state index >= 15 is 0 Å². The van der Waals surface area contributed by atoms with Crippen molar-refractivity contribution >= 4 is 5.97 Å². The number of rotatable bonds is 6. The third kappa shape index (κ3) is 4.17. The van der Waals surface area contributed by atoms with Gasteiger partial charge in [-0.15, -0.1) is 0 Å². The lowest BCUT2D eigenvalue weighted by Gasteiger charge is -2.35. The Kier molecular flexibility index (Phi) is 5.04. The minimum atomic E-state index is -0.822. The Bertz CT molecular complexity index is 346. The van der Waals surface area contributed by atoms with Crippen LogP contribution in [0.3, 0.4) is 0 Å². The molecule has 2 N–H and O–H groups in total. The molecule has 3 atom stereocenters. The molecule has 1 heterocycles. The van der Waals surface area contributed by atoms with Gasteiger partial charge in [0.05, 0.1) is 6.10 Å². The van der Waals surface area contributed by atoms with E-state index in [9.17, 15) is 9.90 Å². The van der Waals surface area contributed by atoms with Crippen molar-refractivity contribution in [3.63, 3.8) is 0 Å². The number of carboxylic acids is 1. The van der Waals surface area contributed by atoms with Crippen LogP contribution in [-0.4, -0.2) is 59.4 Å². The van der Waals surface area contributed by atoms with E-state index in [0.717, 1.165) is 39.0 Å². The van der Waals surface area contributed by atoms with Crippen molar-refractivity contribution in [1.82, 2.24) is 10.2 Å². The lowest BCUT2D eigenvalue weighted by Crippen LogP contribution is -2.54. The van der Waals surface area contributed by atoms with Crippen molar-refractivity contribution in [2.75, 3.05) is 19.7 Å². The van der Waals surface area contributed by atoms with Crippen molar-refractivity contribution in [2.45, 2.75) is 70.2 Å². The highest BCUT2D eigenvalue weighted by atomic mass is 16.5. The predicted molar refractivity (Wildman–Crippen MR) is 77.9 cm³/mol. The molecule has 1 aliphatic heterocycles. The molecule has 1 aliphatic carbocycles. The van der Waals surface area contributed by atoms with E-state index in [1.165, 1.54) is 0 Å². The molecule has 1 saturated heterocycles. The summed E-state index contributed by atoms with van der Waals surface area (Å²) in [6.45, 7) is 8.73. The number of carboxylic acid groups (broad SMARTS) is 1. The maximum absolute atomic E-state index is 11.6. The normalized spacial score (nSPS) is 29.4. The number of nitrogens with one attached hydrogen (secondary N) is 1. The van der Waals surface area contributed by atoms with Crippen LogP contribution in [0.4, 0.5) is 0 Å². The van der Waals surface area contributed by atoms with Crippen LogP contribution in [0.5, 0.6) is 0 Å². The average Bonchev–Trinajstić information content (AvgIpc) is 3.16. The SMILES string of the molecule is CC1CN(C(C)CC(C)(NC2CC2)C(=O)O)CCCO1. The zero-order valence-electron chi connectivity index (χ0n) is 12.9. The van der Waals surface area contributed by atoms with E-state index in [1.807, 2.05) is 6.92 Å². The number of ether oxygens (including phenoxy) is 1. The Labute approximate surface area is 121 Å². The Morgan fingerprint density at radius 3 is 2.85 bits per heavy atom. The Hall–Kier alpha value is -0.650. The highest BCUT2D eigenvalue weighted by molar-refractivity contribution is 5.78. The first-order chi connectivity index (χ1) is 9.40. The first-order valence-electron chi connectivity index (χ1n) is 7.77. The van der Waals surface area contributed by atoms with Crippen LogP contribution >= 0.6 is 0 Å². The minimum Gasteiger partial charge on any atom is -0.480 e. The molecule has 0 spiro atoms. The van der Waals surface area contributed by atoms with Gasteiger partial charge in [0.1, 0.15) is 5.54 Å². The number of carbonyl (C=O) groups is 1. The topological polar surface area (TPSA) is 61.8 Å². The summed E-state index contributed by atoms with van der Waals surface area (Å²) in [6, 6.07) is 0.640. The summed E-state index contributed by atoms with van der Waals surface area (Å²) in [5.74, 6) is -0.740. The molecule has 0 bridgehead atoms. The molecule has 2 rings (SSSR count). The molecule has 0 aromatic heterocycles. The summed E-state index contributed by atoms with van der Waals surface area (Å²) in [7, 11) is 0. The number of hydrogen-bond donors (Lipinski definition) is 2. The first-order valence-corrected chi connectivity index (χ1v) is 7.77. The first kappa shape index (κ1) is 15.7. The maximum Gasteiger partial charge on any atom is 0.323 e.